The summed E-state index contributed by atoms with van der Waals surface area (Å²) < 4.78 is 5.01. The molecule has 0 radical (unpaired) electrons. The number of anilines is 2. The second kappa shape index (κ2) is 7.64. The first kappa shape index (κ1) is 15.3. The molecular weight excluding hydrogens is 280 g/mol. The molecule has 0 aliphatic carbocycles. The molecule has 0 saturated carbocycles. The maximum absolute atomic E-state index is 11.8. The highest BCUT2D eigenvalue weighted by Crippen LogP contribution is 2.15. The van der Waals surface area contributed by atoms with Crippen molar-refractivity contribution < 1.29 is 14.0 Å². The predicted molar refractivity (Wildman–Crippen MR) is 85.7 cm³/mol. The summed E-state index contributed by atoms with van der Waals surface area (Å²) in [6.45, 7) is 1.87. The van der Waals surface area contributed by atoms with Crippen LogP contribution in [0.5, 0.6) is 0 Å². The minimum atomic E-state index is -0.323. The Labute approximate surface area is 128 Å². The smallest absolute Gasteiger partial charge is 0.291 e. The zero-order valence-electron chi connectivity index (χ0n) is 12.1. The van der Waals surface area contributed by atoms with E-state index in [1.807, 2.05) is 13.0 Å². The molecule has 112 valence electrons. The van der Waals surface area contributed by atoms with Gasteiger partial charge in [0.05, 0.1) is 6.26 Å². The Bertz CT molecular complexity index is 683. The summed E-state index contributed by atoms with van der Waals surface area (Å²) in [5.74, 6) is -0.298. The summed E-state index contributed by atoms with van der Waals surface area (Å²) in [7, 11) is 0. The van der Waals surface area contributed by atoms with Crippen molar-refractivity contribution in [1.29, 1.82) is 0 Å². The van der Waals surface area contributed by atoms with E-state index in [0.29, 0.717) is 11.4 Å². The normalized spacial score (nSPS) is 11.0. The molecule has 2 aromatic rings. The third kappa shape index (κ3) is 4.49. The number of carbonyl (C=O) groups is 2. The molecule has 1 aromatic carbocycles. The first-order valence-electron chi connectivity index (χ1n) is 6.74. The van der Waals surface area contributed by atoms with Crippen LogP contribution in [0.4, 0.5) is 11.4 Å². The maximum atomic E-state index is 11.8. The number of carbonyl (C=O) groups excluding carboxylic acids is 2. The standard InChI is InChI=1S/C17H16N2O3/c1-2-3-4-7-16(20)18-13-8-10-14(11-9-13)19-17(21)15-6-5-12-22-15/h2-12H,1H3,(H,18,20)(H,19,21)/b3-2+,7-4+. The van der Waals surface area contributed by atoms with E-state index < -0.39 is 0 Å². The minimum absolute atomic E-state index is 0.217. The Morgan fingerprint density at radius 1 is 1.00 bits per heavy atom. The number of benzene rings is 1. The fourth-order valence-corrected chi connectivity index (χ4v) is 1.68. The number of allylic oxidation sites excluding steroid dienone is 3. The zero-order valence-corrected chi connectivity index (χ0v) is 12.1. The number of nitrogens with one attached hydrogen (secondary N) is 2. The second-order valence-electron chi connectivity index (χ2n) is 4.38. The fraction of sp³-hybridized carbons (Fsp3) is 0.0588. The molecule has 0 aliphatic heterocycles. The van der Waals surface area contributed by atoms with E-state index in [1.165, 1.54) is 12.3 Å². The summed E-state index contributed by atoms with van der Waals surface area (Å²) in [5.41, 5.74) is 1.26. The predicted octanol–water partition coefficient (Wildman–Crippen LogP) is 3.60. The van der Waals surface area contributed by atoms with E-state index in [9.17, 15) is 9.59 Å². The average Bonchev–Trinajstić information content (AvgIpc) is 3.04. The van der Waals surface area contributed by atoms with Gasteiger partial charge in [-0.25, -0.2) is 0 Å². The van der Waals surface area contributed by atoms with Crippen molar-refractivity contribution in [3.05, 3.63) is 72.7 Å². The SMILES string of the molecule is C/C=C/C=C/C(=O)Nc1ccc(NC(=O)c2ccco2)cc1. The molecule has 0 unspecified atom stereocenters. The molecule has 0 aliphatic rings. The molecule has 5 nitrogen and oxygen atoms in total. The minimum Gasteiger partial charge on any atom is -0.459 e. The van der Waals surface area contributed by atoms with Crippen molar-refractivity contribution in [3.63, 3.8) is 0 Å². The van der Waals surface area contributed by atoms with Crippen LogP contribution < -0.4 is 10.6 Å². The van der Waals surface area contributed by atoms with Crippen molar-refractivity contribution in [2.24, 2.45) is 0 Å². The highest BCUT2D eigenvalue weighted by molar-refractivity contribution is 6.02. The molecule has 0 spiro atoms. The topological polar surface area (TPSA) is 71.3 Å². The van der Waals surface area contributed by atoms with Crippen LogP contribution in [0.2, 0.25) is 0 Å². The van der Waals surface area contributed by atoms with Gasteiger partial charge in [0.2, 0.25) is 5.91 Å². The van der Waals surface area contributed by atoms with Gasteiger partial charge in [0.15, 0.2) is 5.76 Å². The molecule has 22 heavy (non-hydrogen) atoms. The summed E-state index contributed by atoms with van der Waals surface area (Å²) in [5, 5.41) is 5.42. The van der Waals surface area contributed by atoms with Crippen LogP contribution in [0.1, 0.15) is 17.5 Å². The molecule has 5 heteroatoms. The van der Waals surface area contributed by atoms with Crippen LogP contribution in [0, 0.1) is 0 Å². The molecule has 1 heterocycles. The van der Waals surface area contributed by atoms with Crippen LogP contribution in [-0.4, -0.2) is 11.8 Å². The van der Waals surface area contributed by atoms with Crippen LogP contribution in [-0.2, 0) is 4.79 Å². The summed E-state index contributed by atoms with van der Waals surface area (Å²) in [6, 6.07) is 10.0. The Morgan fingerprint density at radius 2 is 1.68 bits per heavy atom. The second-order valence-corrected chi connectivity index (χ2v) is 4.38. The summed E-state index contributed by atoms with van der Waals surface area (Å²) >= 11 is 0. The van der Waals surface area contributed by atoms with Gasteiger partial charge in [-0.05, 0) is 43.3 Å². The largest absolute Gasteiger partial charge is 0.459 e. The molecule has 1 aromatic heterocycles. The van der Waals surface area contributed by atoms with Gasteiger partial charge in [0.25, 0.3) is 5.91 Å². The number of amides is 2. The summed E-state index contributed by atoms with van der Waals surface area (Å²) in [4.78, 5) is 23.4. The fourth-order valence-electron chi connectivity index (χ4n) is 1.68. The number of rotatable bonds is 5. The molecule has 2 rings (SSSR count). The lowest BCUT2D eigenvalue weighted by molar-refractivity contribution is -0.111. The van der Waals surface area contributed by atoms with Gasteiger partial charge in [-0.1, -0.05) is 18.2 Å². The molecule has 2 N–H and O–H groups in total. The monoisotopic (exact) mass is 296 g/mol. The van der Waals surface area contributed by atoms with Gasteiger partial charge in [-0.15, -0.1) is 0 Å². The Morgan fingerprint density at radius 3 is 2.27 bits per heavy atom. The first-order chi connectivity index (χ1) is 10.7. The van der Waals surface area contributed by atoms with Crippen LogP contribution >= 0.6 is 0 Å². The molecule has 2 amide bonds. The van der Waals surface area contributed by atoms with Crippen LogP contribution in [0.3, 0.4) is 0 Å². The van der Waals surface area contributed by atoms with E-state index in [4.69, 9.17) is 4.42 Å². The Hall–Kier alpha value is -3.08. The third-order valence-electron chi connectivity index (χ3n) is 2.71. The van der Waals surface area contributed by atoms with Crippen molar-refractivity contribution in [1.82, 2.24) is 0 Å². The Balaban J connectivity index is 1.93. The van der Waals surface area contributed by atoms with Gasteiger partial charge >= 0.3 is 0 Å². The average molecular weight is 296 g/mol. The van der Waals surface area contributed by atoms with Gasteiger partial charge in [-0.3, -0.25) is 9.59 Å². The van der Waals surface area contributed by atoms with Crippen molar-refractivity contribution in [2.75, 3.05) is 10.6 Å². The van der Waals surface area contributed by atoms with E-state index in [-0.39, 0.29) is 17.6 Å². The lowest BCUT2D eigenvalue weighted by atomic mass is 10.2. The number of furan rings is 1. The van der Waals surface area contributed by atoms with Crippen molar-refractivity contribution >= 4 is 23.2 Å². The highest BCUT2D eigenvalue weighted by atomic mass is 16.3. The summed E-state index contributed by atoms with van der Waals surface area (Å²) in [6.07, 6.45) is 8.14. The third-order valence-corrected chi connectivity index (χ3v) is 2.71. The van der Waals surface area contributed by atoms with E-state index in [1.54, 1.807) is 48.6 Å². The van der Waals surface area contributed by atoms with Gasteiger partial charge in [0.1, 0.15) is 0 Å². The maximum Gasteiger partial charge on any atom is 0.291 e. The molecule has 0 saturated heterocycles. The van der Waals surface area contributed by atoms with Crippen LogP contribution in [0.25, 0.3) is 0 Å². The van der Waals surface area contributed by atoms with Gasteiger partial charge in [0, 0.05) is 17.5 Å². The lowest BCUT2D eigenvalue weighted by Crippen LogP contribution is -2.11. The molecular formula is C17H16N2O3. The zero-order chi connectivity index (χ0) is 15.8. The lowest BCUT2D eigenvalue weighted by Gasteiger charge is -2.05. The van der Waals surface area contributed by atoms with Crippen LogP contribution in [0.15, 0.2) is 71.4 Å². The van der Waals surface area contributed by atoms with Crippen molar-refractivity contribution in [2.45, 2.75) is 6.92 Å². The number of hydrogen-bond acceptors (Lipinski definition) is 3. The van der Waals surface area contributed by atoms with E-state index >= 15 is 0 Å². The van der Waals surface area contributed by atoms with E-state index in [2.05, 4.69) is 10.6 Å². The van der Waals surface area contributed by atoms with Gasteiger partial charge < -0.3 is 15.1 Å². The van der Waals surface area contributed by atoms with Crippen molar-refractivity contribution in [3.8, 4) is 0 Å². The quantitative estimate of drug-likeness (QED) is 0.654. The highest BCUT2D eigenvalue weighted by Gasteiger charge is 2.08. The molecule has 0 fully saturated rings. The van der Waals surface area contributed by atoms with Gasteiger partial charge in [-0.2, -0.15) is 0 Å². The number of hydrogen-bond donors (Lipinski definition) is 2. The molecule has 0 bridgehead atoms. The Kier molecular flexibility index (Phi) is 5.31. The van der Waals surface area contributed by atoms with E-state index in [0.717, 1.165) is 0 Å². The first-order valence-corrected chi connectivity index (χ1v) is 6.74. The molecule has 0 atom stereocenters.